The van der Waals surface area contributed by atoms with Crippen LogP contribution >= 0.6 is 0 Å². The lowest BCUT2D eigenvalue weighted by Gasteiger charge is -2.34. The molecule has 0 aliphatic heterocycles. The number of aliphatic hydroxyl groups is 1. The van der Waals surface area contributed by atoms with E-state index < -0.39 is 0 Å². The van der Waals surface area contributed by atoms with Crippen molar-refractivity contribution in [2.75, 3.05) is 6.61 Å². The maximum absolute atomic E-state index is 8.78. The molecule has 2 heteroatoms. The molecule has 3 atom stereocenters. The van der Waals surface area contributed by atoms with Gasteiger partial charge in [-0.3, -0.25) is 0 Å². The lowest BCUT2D eigenvalue weighted by atomic mass is 9.80. The minimum Gasteiger partial charge on any atom is -0.396 e. The van der Waals surface area contributed by atoms with Gasteiger partial charge in [0.15, 0.2) is 0 Å². The minimum absolute atomic E-state index is 0.323. The van der Waals surface area contributed by atoms with Crippen LogP contribution in [0.4, 0.5) is 0 Å². The summed E-state index contributed by atoms with van der Waals surface area (Å²) in [5.41, 5.74) is 0. The molecule has 15 heavy (non-hydrogen) atoms. The molecular weight excluding hydrogens is 186 g/mol. The summed E-state index contributed by atoms with van der Waals surface area (Å²) >= 11 is 0. The van der Waals surface area contributed by atoms with Crippen molar-refractivity contribution in [3.05, 3.63) is 0 Å². The average Bonchev–Trinajstić information content (AvgIpc) is 2.13. The zero-order valence-corrected chi connectivity index (χ0v) is 10.5. The van der Waals surface area contributed by atoms with E-state index in [1.807, 2.05) is 0 Å². The molecule has 0 aromatic rings. The van der Waals surface area contributed by atoms with Gasteiger partial charge in [0.25, 0.3) is 0 Å². The number of hydrogen-bond donors (Lipinski definition) is 2. The Morgan fingerprint density at radius 3 is 2.33 bits per heavy atom. The Bertz CT molecular complexity index is 162. The van der Waals surface area contributed by atoms with Crippen molar-refractivity contribution in [3.63, 3.8) is 0 Å². The minimum atomic E-state index is 0.323. The van der Waals surface area contributed by atoms with Crippen molar-refractivity contribution in [1.29, 1.82) is 0 Å². The molecule has 0 radical (unpaired) electrons. The molecule has 2 nitrogen and oxygen atoms in total. The van der Waals surface area contributed by atoms with Gasteiger partial charge in [-0.2, -0.15) is 0 Å². The molecule has 0 spiro atoms. The molecule has 2 N–H and O–H groups in total. The molecule has 0 heterocycles. The Kier molecular flexibility index (Phi) is 5.62. The maximum atomic E-state index is 8.78. The van der Waals surface area contributed by atoms with Crippen molar-refractivity contribution in [2.45, 2.75) is 65.0 Å². The van der Waals surface area contributed by atoms with Gasteiger partial charge in [-0.15, -0.1) is 0 Å². The number of rotatable bonds is 5. The second-order valence-electron chi connectivity index (χ2n) is 5.55. The highest BCUT2D eigenvalue weighted by molar-refractivity contribution is 4.81. The molecule has 0 aromatic heterocycles. The molecule has 0 amide bonds. The third-order valence-corrected chi connectivity index (χ3v) is 3.49. The Hall–Kier alpha value is -0.0800. The number of nitrogens with one attached hydrogen (secondary N) is 1. The van der Waals surface area contributed by atoms with Crippen LogP contribution < -0.4 is 5.32 Å². The molecule has 1 rings (SSSR count). The second-order valence-corrected chi connectivity index (χ2v) is 5.55. The van der Waals surface area contributed by atoms with E-state index in [9.17, 15) is 0 Å². The first-order chi connectivity index (χ1) is 7.11. The zero-order valence-electron chi connectivity index (χ0n) is 10.5. The van der Waals surface area contributed by atoms with E-state index in [0.29, 0.717) is 18.7 Å². The third kappa shape index (κ3) is 4.98. The highest BCUT2D eigenvalue weighted by Crippen LogP contribution is 2.28. The molecule has 1 saturated carbocycles. The van der Waals surface area contributed by atoms with Gasteiger partial charge in [0, 0.05) is 18.7 Å². The third-order valence-electron chi connectivity index (χ3n) is 3.49. The van der Waals surface area contributed by atoms with E-state index in [1.54, 1.807) is 0 Å². The Balaban J connectivity index is 2.24. The summed E-state index contributed by atoms with van der Waals surface area (Å²) in [4.78, 5) is 0. The van der Waals surface area contributed by atoms with Crippen LogP contribution in [0.1, 0.15) is 52.9 Å². The van der Waals surface area contributed by atoms with E-state index in [1.165, 1.54) is 19.3 Å². The molecule has 90 valence electrons. The topological polar surface area (TPSA) is 32.3 Å². The summed E-state index contributed by atoms with van der Waals surface area (Å²) in [6.07, 6.45) is 6.06. The van der Waals surface area contributed by atoms with Gasteiger partial charge < -0.3 is 10.4 Å². The van der Waals surface area contributed by atoms with E-state index in [4.69, 9.17) is 5.11 Å². The monoisotopic (exact) mass is 213 g/mol. The highest BCUT2D eigenvalue weighted by Gasteiger charge is 2.24. The summed E-state index contributed by atoms with van der Waals surface area (Å²) < 4.78 is 0. The lowest BCUT2D eigenvalue weighted by Crippen LogP contribution is -2.41. The van der Waals surface area contributed by atoms with Crippen LogP contribution in [-0.2, 0) is 0 Å². The van der Waals surface area contributed by atoms with Crippen LogP contribution in [0, 0.1) is 11.8 Å². The van der Waals surface area contributed by atoms with Crippen LogP contribution in [0.5, 0.6) is 0 Å². The molecule has 0 bridgehead atoms. The first kappa shape index (κ1) is 13.0. The highest BCUT2D eigenvalue weighted by atomic mass is 16.2. The number of aliphatic hydroxyl groups excluding tert-OH is 1. The average molecular weight is 213 g/mol. The number of hydrogen-bond acceptors (Lipinski definition) is 2. The van der Waals surface area contributed by atoms with Gasteiger partial charge in [-0.25, -0.2) is 0 Å². The van der Waals surface area contributed by atoms with Gasteiger partial charge in [0.05, 0.1) is 0 Å². The Morgan fingerprint density at radius 2 is 1.80 bits per heavy atom. The van der Waals surface area contributed by atoms with Crippen LogP contribution in [0.25, 0.3) is 0 Å². The molecule has 1 aliphatic carbocycles. The van der Waals surface area contributed by atoms with E-state index in [2.05, 4.69) is 26.1 Å². The maximum Gasteiger partial charge on any atom is 0.0431 e. The summed E-state index contributed by atoms with van der Waals surface area (Å²) in [6, 6.07) is 1.26. The molecule has 0 unspecified atom stereocenters. The summed E-state index contributed by atoms with van der Waals surface area (Å²) in [5, 5.41) is 12.5. The van der Waals surface area contributed by atoms with Crippen LogP contribution in [0.2, 0.25) is 0 Å². The van der Waals surface area contributed by atoms with Gasteiger partial charge in [0.1, 0.15) is 0 Å². The van der Waals surface area contributed by atoms with Gasteiger partial charge in [0.2, 0.25) is 0 Å². The first-order valence-electron chi connectivity index (χ1n) is 6.48. The smallest absolute Gasteiger partial charge is 0.0431 e. The molecule has 0 aromatic carbocycles. The van der Waals surface area contributed by atoms with Crippen LogP contribution in [0.3, 0.4) is 0 Å². The standard InChI is InChI=1S/C13H27NO/c1-10-7-11(2)9-13(8-10)14-12(3)5-4-6-15/h10-15H,4-9H2,1-3H3/t10-,11-,12-/m0/s1. The van der Waals surface area contributed by atoms with Gasteiger partial charge in [-0.1, -0.05) is 13.8 Å². The Morgan fingerprint density at radius 1 is 1.20 bits per heavy atom. The van der Waals surface area contributed by atoms with Crippen LogP contribution in [0.15, 0.2) is 0 Å². The molecule has 1 aliphatic rings. The van der Waals surface area contributed by atoms with E-state index in [0.717, 1.165) is 24.7 Å². The second kappa shape index (κ2) is 6.49. The van der Waals surface area contributed by atoms with Gasteiger partial charge in [-0.05, 0) is 50.9 Å². The fourth-order valence-corrected chi connectivity index (χ4v) is 2.97. The van der Waals surface area contributed by atoms with Crippen molar-refractivity contribution in [2.24, 2.45) is 11.8 Å². The quantitative estimate of drug-likeness (QED) is 0.735. The lowest BCUT2D eigenvalue weighted by molar-refractivity contribution is 0.219. The van der Waals surface area contributed by atoms with E-state index >= 15 is 0 Å². The Labute approximate surface area is 94.5 Å². The van der Waals surface area contributed by atoms with Crippen molar-refractivity contribution in [3.8, 4) is 0 Å². The predicted octanol–water partition coefficient (Wildman–Crippen LogP) is 2.56. The SMILES string of the molecule is C[C@@H]1CC(N[C@@H](C)CCCO)C[C@@H](C)C1. The van der Waals surface area contributed by atoms with Gasteiger partial charge >= 0.3 is 0 Å². The van der Waals surface area contributed by atoms with Crippen molar-refractivity contribution < 1.29 is 5.11 Å². The van der Waals surface area contributed by atoms with Crippen molar-refractivity contribution in [1.82, 2.24) is 5.32 Å². The summed E-state index contributed by atoms with van der Waals surface area (Å²) in [6.45, 7) is 7.29. The van der Waals surface area contributed by atoms with Crippen molar-refractivity contribution >= 4 is 0 Å². The molecule has 1 fully saturated rings. The largest absolute Gasteiger partial charge is 0.396 e. The fraction of sp³-hybridized carbons (Fsp3) is 1.00. The van der Waals surface area contributed by atoms with E-state index in [-0.39, 0.29) is 0 Å². The van der Waals surface area contributed by atoms with Crippen LogP contribution in [-0.4, -0.2) is 23.8 Å². The molecule has 0 saturated heterocycles. The summed E-state index contributed by atoms with van der Waals surface area (Å²) in [5.74, 6) is 1.74. The first-order valence-corrected chi connectivity index (χ1v) is 6.48. The predicted molar refractivity (Wildman–Crippen MR) is 64.9 cm³/mol. The zero-order chi connectivity index (χ0) is 11.3. The molecular formula is C13H27NO. The summed E-state index contributed by atoms with van der Waals surface area (Å²) in [7, 11) is 0. The normalized spacial score (nSPS) is 34.0. The fourth-order valence-electron chi connectivity index (χ4n) is 2.97.